The van der Waals surface area contributed by atoms with Crippen LogP contribution in [0.1, 0.15) is 12.5 Å². The SMILES string of the molecule is CCOc1ccccc1N1C(=O)C(Nc2ccc(N(C)C)cc2)=C(c2ccc(F)cc2)C1=O. The van der Waals surface area contributed by atoms with Crippen LogP contribution in [0, 0.1) is 5.82 Å². The van der Waals surface area contributed by atoms with Crippen LogP contribution < -0.4 is 19.9 Å². The maximum absolute atomic E-state index is 13.6. The third-order valence-electron chi connectivity index (χ3n) is 5.28. The molecule has 2 amide bonds. The standard InChI is InChI=1S/C26H24FN3O3/c1-4-33-22-8-6-5-7-21(22)30-25(31)23(17-9-11-18(27)12-10-17)24(26(30)32)28-19-13-15-20(16-14-19)29(2)3/h5-16,28H,4H2,1-3H3. The van der Waals surface area contributed by atoms with E-state index >= 15 is 0 Å². The minimum Gasteiger partial charge on any atom is -0.492 e. The van der Waals surface area contributed by atoms with Crippen LogP contribution in [0.5, 0.6) is 5.75 Å². The van der Waals surface area contributed by atoms with Crippen molar-refractivity contribution in [1.29, 1.82) is 0 Å². The molecule has 0 atom stereocenters. The lowest BCUT2D eigenvalue weighted by atomic mass is 10.0. The number of para-hydroxylation sites is 2. The number of carbonyl (C=O) groups is 2. The average Bonchev–Trinajstić information content (AvgIpc) is 3.05. The van der Waals surface area contributed by atoms with Gasteiger partial charge >= 0.3 is 0 Å². The number of halogens is 1. The first-order valence-corrected chi connectivity index (χ1v) is 10.6. The van der Waals surface area contributed by atoms with Gasteiger partial charge in [0.1, 0.15) is 17.3 Å². The number of ether oxygens (including phenoxy) is 1. The predicted octanol–water partition coefficient (Wildman–Crippen LogP) is 4.69. The summed E-state index contributed by atoms with van der Waals surface area (Å²) in [5.41, 5.74) is 2.73. The normalized spacial score (nSPS) is 13.5. The molecule has 0 aliphatic carbocycles. The zero-order chi connectivity index (χ0) is 23.5. The summed E-state index contributed by atoms with van der Waals surface area (Å²) in [5, 5.41) is 3.12. The lowest BCUT2D eigenvalue weighted by Gasteiger charge is -2.19. The highest BCUT2D eigenvalue weighted by molar-refractivity contribution is 6.46. The molecule has 1 aliphatic rings. The summed E-state index contributed by atoms with van der Waals surface area (Å²) in [4.78, 5) is 30.2. The van der Waals surface area contributed by atoms with Crippen LogP contribution >= 0.6 is 0 Å². The topological polar surface area (TPSA) is 61.9 Å². The molecule has 0 spiro atoms. The van der Waals surface area contributed by atoms with Crippen molar-refractivity contribution >= 4 is 34.4 Å². The number of hydrogen-bond donors (Lipinski definition) is 1. The summed E-state index contributed by atoms with van der Waals surface area (Å²) in [6.07, 6.45) is 0. The Hall–Kier alpha value is -4.13. The van der Waals surface area contributed by atoms with Crippen LogP contribution in [-0.4, -0.2) is 32.5 Å². The van der Waals surface area contributed by atoms with Gasteiger partial charge in [0, 0.05) is 25.5 Å². The van der Waals surface area contributed by atoms with E-state index in [1.165, 1.54) is 24.3 Å². The van der Waals surface area contributed by atoms with Crippen molar-refractivity contribution in [1.82, 2.24) is 0 Å². The van der Waals surface area contributed by atoms with Crippen LogP contribution in [0.3, 0.4) is 0 Å². The van der Waals surface area contributed by atoms with Gasteiger partial charge < -0.3 is 15.0 Å². The van der Waals surface area contributed by atoms with E-state index in [-0.39, 0.29) is 11.3 Å². The molecular weight excluding hydrogens is 421 g/mol. The summed E-state index contributed by atoms with van der Waals surface area (Å²) in [7, 11) is 3.87. The number of hydrogen-bond acceptors (Lipinski definition) is 5. The average molecular weight is 445 g/mol. The molecule has 0 bridgehead atoms. The Morgan fingerprint density at radius 3 is 2.21 bits per heavy atom. The molecule has 3 aromatic rings. The third-order valence-corrected chi connectivity index (χ3v) is 5.28. The van der Waals surface area contributed by atoms with Crippen molar-refractivity contribution in [3.63, 3.8) is 0 Å². The van der Waals surface area contributed by atoms with Crippen LogP contribution in [0.15, 0.2) is 78.5 Å². The van der Waals surface area contributed by atoms with E-state index < -0.39 is 17.6 Å². The van der Waals surface area contributed by atoms with Gasteiger partial charge in [0.25, 0.3) is 11.8 Å². The molecule has 6 nitrogen and oxygen atoms in total. The van der Waals surface area contributed by atoms with Crippen LogP contribution in [0.25, 0.3) is 5.57 Å². The van der Waals surface area contributed by atoms with Gasteiger partial charge in [-0.25, -0.2) is 9.29 Å². The molecule has 7 heteroatoms. The predicted molar refractivity (Wildman–Crippen MR) is 128 cm³/mol. The van der Waals surface area contributed by atoms with E-state index in [9.17, 15) is 14.0 Å². The van der Waals surface area contributed by atoms with Gasteiger partial charge in [-0.2, -0.15) is 0 Å². The fraction of sp³-hybridized carbons (Fsp3) is 0.154. The molecule has 0 unspecified atom stereocenters. The second-order valence-corrected chi connectivity index (χ2v) is 7.67. The van der Waals surface area contributed by atoms with Gasteiger partial charge in [-0.05, 0) is 61.0 Å². The zero-order valence-corrected chi connectivity index (χ0v) is 18.6. The molecule has 0 saturated carbocycles. The Balaban J connectivity index is 1.79. The number of amides is 2. The highest BCUT2D eigenvalue weighted by Crippen LogP contribution is 2.38. The van der Waals surface area contributed by atoms with Crippen LogP contribution in [0.2, 0.25) is 0 Å². The van der Waals surface area contributed by atoms with E-state index in [0.717, 1.165) is 10.6 Å². The number of imide groups is 1. The molecule has 4 rings (SSSR count). The van der Waals surface area contributed by atoms with Crippen molar-refractivity contribution in [2.75, 3.05) is 35.8 Å². The Labute approximate surface area is 191 Å². The Morgan fingerprint density at radius 1 is 0.909 bits per heavy atom. The van der Waals surface area contributed by atoms with Crippen LogP contribution in [-0.2, 0) is 9.59 Å². The highest BCUT2D eigenvalue weighted by Gasteiger charge is 2.41. The van der Waals surface area contributed by atoms with Gasteiger partial charge in [-0.1, -0.05) is 24.3 Å². The Morgan fingerprint density at radius 2 is 1.58 bits per heavy atom. The lowest BCUT2D eigenvalue weighted by molar-refractivity contribution is -0.120. The van der Waals surface area contributed by atoms with Crippen molar-refractivity contribution in [3.05, 3.63) is 89.9 Å². The maximum atomic E-state index is 13.6. The molecule has 1 heterocycles. The summed E-state index contributed by atoms with van der Waals surface area (Å²) in [6, 6.07) is 19.9. The van der Waals surface area contributed by atoms with Crippen LogP contribution in [0.4, 0.5) is 21.5 Å². The number of nitrogens with one attached hydrogen (secondary N) is 1. The fourth-order valence-electron chi connectivity index (χ4n) is 3.66. The van der Waals surface area contributed by atoms with E-state index in [4.69, 9.17) is 4.74 Å². The van der Waals surface area contributed by atoms with Gasteiger partial charge in [-0.3, -0.25) is 9.59 Å². The van der Waals surface area contributed by atoms with E-state index in [0.29, 0.717) is 29.3 Å². The summed E-state index contributed by atoms with van der Waals surface area (Å²) in [6.45, 7) is 2.21. The van der Waals surface area contributed by atoms with Crippen molar-refractivity contribution in [2.24, 2.45) is 0 Å². The van der Waals surface area contributed by atoms with Crippen molar-refractivity contribution in [2.45, 2.75) is 6.92 Å². The number of benzene rings is 3. The van der Waals surface area contributed by atoms with Gasteiger partial charge in [0.05, 0.1) is 17.9 Å². The van der Waals surface area contributed by atoms with Gasteiger partial charge in [-0.15, -0.1) is 0 Å². The van der Waals surface area contributed by atoms with Gasteiger partial charge in [0.15, 0.2) is 0 Å². The molecular formula is C26H24FN3O3. The molecule has 0 radical (unpaired) electrons. The summed E-state index contributed by atoms with van der Waals surface area (Å²) >= 11 is 0. The largest absolute Gasteiger partial charge is 0.492 e. The second kappa shape index (κ2) is 9.16. The first-order chi connectivity index (χ1) is 15.9. The Bertz CT molecular complexity index is 1220. The molecule has 3 aromatic carbocycles. The second-order valence-electron chi connectivity index (χ2n) is 7.67. The van der Waals surface area contributed by atoms with Gasteiger partial charge in [0.2, 0.25) is 0 Å². The number of anilines is 3. The monoisotopic (exact) mass is 445 g/mol. The quantitative estimate of drug-likeness (QED) is 0.535. The summed E-state index contributed by atoms with van der Waals surface area (Å²) in [5.74, 6) is -1.02. The highest BCUT2D eigenvalue weighted by atomic mass is 19.1. The molecule has 0 fully saturated rings. The van der Waals surface area contributed by atoms with E-state index in [1.54, 1.807) is 24.3 Å². The minimum absolute atomic E-state index is 0.121. The van der Waals surface area contributed by atoms with E-state index in [2.05, 4.69) is 5.32 Å². The smallest absolute Gasteiger partial charge is 0.282 e. The zero-order valence-electron chi connectivity index (χ0n) is 18.6. The van der Waals surface area contributed by atoms with E-state index in [1.807, 2.05) is 50.2 Å². The van der Waals surface area contributed by atoms with Crippen molar-refractivity contribution in [3.8, 4) is 5.75 Å². The molecule has 33 heavy (non-hydrogen) atoms. The molecule has 168 valence electrons. The maximum Gasteiger partial charge on any atom is 0.282 e. The van der Waals surface area contributed by atoms with Crippen molar-refractivity contribution < 1.29 is 18.7 Å². The number of rotatable bonds is 7. The minimum atomic E-state index is -0.511. The lowest BCUT2D eigenvalue weighted by Crippen LogP contribution is -2.32. The molecule has 1 N–H and O–H groups in total. The number of carbonyl (C=O) groups excluding carboxylic acids is 2. The first kappa shape index (κ1) is 22.1. The third kappa shape index (κ3) is 4.30. The molecule has 1 aliphatic heterocycles. The fourth-order valence-corrected chi connectivity index (χ4v) is 3.66. The molecule has 0 saturated heterocycles. The summed E-state index contributed by atoms with van der Waals surface area (Å²) < 4.78 is 19.2. The number of nitrogens with zero attached hydrogens (tertiary/aromatic N) is 2. The molecule has 0 aromatic heterocycles. The Kier molecular flexibility index (Phi) is 6.13. The first-order valence-electron chi connectivity index (χ1n) is 10.6.